The molecule has 2 heteroatoms. The molecule has 0 aliphatic heterocycles. The molecule has 0 bridgehead atoms. The Morgan fingerprint density at radius 1 is 1.00 bits per heavy atom. The van der Waals surface area contributed by atoms with E-state index in [4.69, 9.17) is 0 Å². The lowest BCUT2D eigenvalue weighted by atomic mass is 9.75. The maximum absolute atomic E-state index is 10.4. The van der Waals surface area contributed by atoms with Gasteiger partial charge >= 0.3 is 0 Å². The fourth-order valence-electron chi connectivity index (χ4n) is 2.42. The normalized spacial score (nSPS) is 25.5. The van der Waals surface area contributed by atoms with Gasteiger partial charge in [0.15, 0.2) is 0 Å². The summed E-state index contributed by atoms with van der Waals surface area (Å²) in [5, 5.41) is 20.6. The first-order valence-electron chi connectivity index (χ1n) is 5.77. The van der Waals surface area contributed by atoms with Gasteiger partial charge < -0.3 is 10.2 Å². The van der Waals surface area contributed by atoms with Crippen molar-refractivity contribution in [2.45, 2.75) is 71.0 Å². The summed E-state index contributed by atoms with van der Waals surface area (Å²) in [4.78, 5) is 0. The Kier molecular flexibility index (Phi) is 3.59. The zero-order valence-corrected chi connectivity index (χ0v) is 9.71. The van der Waals surface area contributed by atoms with Gasteiger partial charge in [-0.2, -0.15) is 0 Å². The highest BCUT2D eigenvalue weighted by atomic mass is 16.3. The van der Waals surface area contributed by atoms with E-state index in [1.165, 1.54) is 12.8 Å². The summed E-state index contributed by atoms with van der Waals surface area (Å²) in [5.41, 5.74) is -1.06. The number of hydrogen-bond acceptors (Lipinski definition) is 2. The van der Waals surface area contributed by atoms with Gasteiger partial charge in [-0.05, 0) is 18.3 Å². The van der Waals surface area contributed by atoms with Crippen molar-refractivity contribution in [3.05, 3.63) is 0 Å². The molecule has 1 aliphatic rings. The topological polar surface area (TPSA) is 40.5 Å². The zero-order chi connectivity index (χ0) is 10.8. The molecule has 0 amide bonds. The standard InChI is InChI=1S/C12H24O2/c1-11(2,3)10(13)12(14)8-6-4-5-7-9-12/h10,13-14H,4-9H2,1-3H3. The Balaban J connectivity index is 2.70. The molecule has 1 atom stereocenters. The highest BCUT2D eigenvalue weighted by Gasteiger charge is 2.41. The molecule has 1 rings (SSSR count). The van der Waals surface area contributed by atoms with Gasteiger partial charge in [0.2, 0.25) is 0 Å². The van der Waals surface area contributed by atoms with Crippen molar-refractivity contribution in [1.82, 2.24) is 0 Å². The van der Waals surface area contributed by atoms with Crippen molar-refractivity contribution in [2.75, 3.05) is 0 Å². The van der Waals surface area contributed by atoms with Crippen molar-refractivity contribution < 1.29 is 10.2 Å². The Morgan fingerprint density at radius 3 is 1.79 bits per heavy atom. The lowest BCUT2D eigenvalue weighted by Gasteiger charge is -2.39. The third kappa shape index (κ3) is 2.71. The lowest BCUT2D eigenvalue weighted by Crippen LogP contribution is -2.49. The van der Waals surface area contributed by atoms with Crippen molar-refractivity contribution in [2.24, 2.45) is 5.41 Å². The van der Waals surface area contributed by atoms with E-state index in [1.807, 2.05) is 20.8 Å². The Bertz CT molecular complexity index is 173. The van der Waals surface area contributed by atoms with Crippen LogP contribution >= 0.6 is 0 Å². The lowest BCUT2D eigenvalue weighted by molar-refractivity contribution is -0.128. The second-order valence-electron chi connectivity index (χ2n) is 5.79. The van der Waals surface area contributed by atoms with Crippen molar-refractivity contribution in [1.29, 1.82) is 0 Å². The quantitative estimate of drug-likeness (QED) is 0.638. The molecule has 0 aromatic rings. The molecule has 2 N–H and O–H groups in total. The van der Waals surface area contributed by atoms with Crippen LogP contribution in [0.25, 0.3) is 0 Å². The average molecular weight is 200 g/mol. The van der Waals surface area contributed by atoms with E-state index >= 15 is 0 Å². The summed E-state index contributed by atoms with van der Waals surface area (Å²) in [7, 11) is 0. The van der Waals surface area contributed by atoms with Crippen LogP contribution in [0.2, 0.25) is 0 Å². The monoisotopic (exact) mass is 200 g/mol. The smallest absolute Gasteiger partial charge is 0.0910 e. The van der Waals surface area contributed by atoms with Gasteiger partial charge in [0.1, 0.15) is 0 Å². The third-order valence-electron chi connectivity index (χ3n) is 3.30. The van der Waals surface area contributed by atoms with Crippen LogP contribution in [0.5, 0.6) is 0 Å². The molecule has 0 radical (unpaired) electrons. The molecule has 1 saturated carbocycles. The van der Waals surface area contributed by atoms with Gasteiger partial charge in [0.25, 0.3) is 0 Å². The predicted molar refractivity (Wildman–Crippen MR) is 58.1 cm³/mol. The largest absolute Gasteiger partial charge is 0.390 e. The fourth-order valence-corrected chi connectivity index (χ4v) is 2.42. The molecule has 0 aromatic carbocycles. The van der Waals surface area contributed by atoms with Crippen LogP contribution in [0, 0.1) is 5.41 Å². The molecule has 1 fully saturated rings. The molecule has 0 aromatic heterocycles. The van der Waals surface area contributed by atoms with Gasteiger partial charge in [0, 0.05) is 0 Å². The first-order valence-corrected chi connectivity index (χ1v) is 5.77. The molecule has 14 heavy (non-hydrogen) atoms. The average Bonchev–Trinajstić information content (AvgIpc) is 2.28. The second-order valence-corrected chi connectivity index (χ2v) is 5.79. The van der Waals surface area contributed by atoms with E-state index < -0.39 is 11.7 Å². The van der Waals surface area contributed by atoms with Crippen LogP contribution in [-0.4, -0.2) is 21.9 Å². The fraction of sp³-hybridized carbons (Fsp3) is 1.00. The number of hydrogen-bond donors (Lipinski definition) is 2. The summed E-state index contributed by atoms with van der Waals surface area (Å²) in [6.45, 7) is 5.96. The van der Waals surface area contributed by atoms with E-state index in [-0.39, 0.29) is 5.41 Å². The zero-order valence-electron chi connectivity index (χ0n) is 9.71. The molecule has 0 spiro atoms. The summed E-state index contributed by atoms with van der Waals surface area (Å²) < 4.78 is 0. The van der Waals surface area contributed by atoms with Crippen LogP contribution < -0.4 is 0 Å². The second kappa shape index (κ2) is 4.19. The summed E-state index contributed by atoms with van der Waals surface area (Å²) >= 11 is 0. The molecule has 0 heterocycles. The minimum atomic E-state index is -0.839. The number of aliphatic hydroxyl groups is 2. The predicted octanol–water partition coefficient (Wildman–Crippen LogP) is 2.48. The van der Waals surface area contributed by atoms with Crippen LogP contribution in [0.15, 0.2) is 0 Å². The summed E-state index contributed by atoms with van der Waals surface area (Å²) in [5.74, 6) is 0. The Morgan fingerprint density at radius 2 is 1.43 bits per heavy atom. The first kappa shape index (κ1) is 12.0. The molecule has 1 unspecified atom stereocenters. The maximum Gasteiger partial charge on any atom is 0.0910 e. The van der Waals surface area contributed by atoms with Crippen LogP contribution in [-0.2, 0) is 0 Å². The van der Waals surface area contributed by atoms with Crippen molar-refractivity contribution in [3.8, 4) is 0 Å². The molecular weight excluding hydrogens is 176 g/mol. The van der Waals surface area contributed by atoms with Gasteiger partial charge in [0.05, 0.1) is 11.7 Å². The van der Waals surface area contributed by atoms with Crippen LogP contribution in [0.3, 0.4) is 0 Å². The first-order chi connectivity index (χ1) is 6.36. The Labute approximate surface area is 87.3 Å². The van der Waals surface area contributed by atoms with Gasteiger partial charge in [-0.1, -0.05) is 46.5 Å². The minimum Gasteiger partial charge on any atom is -0.390 e. The van der Waals surface area contributed by atoms with E-state index in [9.17, 15) is 10.2 Å². The third-order valence-corrected chi connectivity index (χ3v) is 3.30. The van der Waals surface area contributed by atoms with E-state index in [1.54, 1.807) is 0 Å². The maximum atomic E-state index is 10.4. The highest BCUT2D eigenvalue weighted by Crippen LogP contribution is 2.37. The van der Waals surface area contributed by atoms with E-state index in [0.29, 0.717) is 0 Å². The number of aliphatic hydroxyl groups excluding tert-OH is 1. The van der Waals surface area contributed by atoms with E-state index in [2.05, 4.69) is 0 Å². The van der Waals surface area contributed by atoms with Gasteiger partial charge in [-0.15, -0.1) is 0 Å². The molecule has 2 nitrogen and oxygen atoms in total. The SMILES string of the molecule is CC(C)(C)C(O)C1(O)CCCCCC1. The van der Waals surface area contributed by atoms with Crippen molar-refractivity contribution >= 4 is 0 Å². The van der Waals surface area contributed by atoms with E-state index in [0.717, 1.165) is 25.7 Å². The summed E-state index contributed by atoms with van der Waals surface area (Å²) in [6.07, 6.45) is 5.38. The van der Waals surface area contributed by atoms with Crippen LogP contribution in [0.1, 0.15) is 59.3 Å². The molecule has 0 saturated heterocycles. The molecule has 1 aliphatic carbocycles. The Hall–Kier alpha value is -0.0800. The molecular formula is C12H24O2. The van der Waals surface area contributed by atoms with Crippen molar-refractivity contribution in [3.63, 3.8) is 0 Å². The van der Waals surface area contributed by atoms with Gasteiger partial charge in [-0.25, -0.2) is 0 Å². The minimum absolute atomic E-state index is 0.223. The summed E-state index contributed by atoms with van der Waals surface area (Å²) in [6, 6.07) is 0. The van der Waals surface area contributed by atoms with Crippen LogP contribution in [0.4, 0.5) is 0 Å². The highest BCUT2D eigenvalue weighted by molar-refractivity contribution is 4.93. The number of rotatable bonds is 1. The van der Waals surface area contributed by atoms with Gasteiger partial charge in [-0.3, -0.25) is 0 Å². The molecule has 84 valence electrons.